The number of amides is 2. The Morgan fingerprint density at radius 1 is 0.966 bits per heavy atom. The minimum absolute atomic E-state index is 0.00246. The second-order valence-corrected chi connectivity index (χ2v) is 7.67. The molecule has 154 valence electrons. The van der Waals surface area contributed by atoms with Gasteiger partial charge in [-0.05, 0) is 48.5 Å². The highest BCUT2D eigenvalue weighted by Crippen LogP contribution is 2.15. The maximum absolute atomic E-state index is 12.1. The fraction of sp³-hybridized carbons (Fsp3) is 0.167. The monoisotopic (exact) mass is 427 g/mol. The highest BCUT2D eigenvalue weighted by Gasteiger charge is 2.15. The van der Waals surface area contributed by atoms with E-state index in [9.17, 15) is 31.6 Å². The molecule has 0 aliphatic heterocycles. The van der Waals surface area contributed by atoms with Crippen molar-refractivity contribution in [3.8, 4) is 5.75 Å². The number of halogens is 2. The number of imide groups is 1. The summed E-state index contributed by atoms with van der Waals surface area (Å²) < 4.78 is 55.8. The Kier molecular flexibility index (Phi) is 6.99. The maximum Gasteiger partial charge on any atom is 0.387 e. The van der Waals surface area contributed by atoms with Gasteiger partial charge >= 0.3 is 12.6 Å². The highest BCUT2D eigenvalue weighted by molar-refractivity contribution is 7.90. The molecule has 2 rings (SSSR count). The van der Waals surface area contributed by atoms with E-state index >= 15 is 0 Å². The van der Waals surface area contributed by atoms with Crippen molar-refractivity contribution in [2.24, 2.45) is 0 Å². The van der Waals surface area contributed by atoms with Gasteiger partial charge < -0.3 is 9.47 Å². The van der Waals surface area contributed by atoms with Crippen molar-refractivity contribution in [1.82, 2.24) is 5.32 Å². The first kappa shape index (κ1) is 22.0. The van der Waals surface area contributed by atoms with E-state index in [1.807, 2.05) is 5.32 Å². The van der Waals surface area contributed by atoms with E-state index in [1.54, 1.807) is 0 Å². The first-order chi connectivity index (χ1) is 13.6. The Morgan fingerprint density at radius 3 is 2.03 bits per heavy atom. The number of alkyl halides is 2. The fourth-order valence-corrected chi connectivity index (χ4v) is 2.71. The van der Waals surface area contributed by atoms with Crippen LogP contribution in [0.2, 0.25) is 0 Å². The normalized spacial score (nSPS) is 11.0. The predicted molar refractivity (Wildman–Crippen MR) is 95.4 cm³/mol. The number of hydrogen-bond donors (Lipinski definition) is 1. The molecule has 0 aliphatic rings. The Hall–Kier alpha value is -3.34. The number of sulfone groups is 1. The first-order valence-corrected chi connectivity index (χ1v) is 9.81. The SMILES string of the molecule is CS(=O)(=O)c1ccc(C(=O)OCC(=O)NC(=O)c2ccc(OC(F)F)cc2)cc1. The summed E-state index contributed by atoms with van der Waals surface area (Å²) in [4.78, 5) is 35.6. The molecule has 0 aliphatic carbocycles. The molecule has 0 spiro atoms. The Bertz CT molecular complexity index is 1000. The van der Waals surface area contributed by atoms with Crippen molar-refractivity contribution in [1.29, 1.82) is 0 Å². The number of rotatable bonds is 7. The number of nitrogens with one attached hydrogen (secondary N) is 1. The summed E-state index contributed by atoms with van der Waals surface area (Å²) in [5.41, 5.74) is 0.0220. The molecule has 29 heavy (non-hydrogen) atoms. The summed E-state index contributed by atoms with van der Waals surface area (Å²) in [6.07, 6.45) is 1.01. The van der Waals surface area contributed by atoms with Crippen LogP contribution in [0.5, 0.6) is 5.75 Å². The molecule has 2 aromatic carbocycles. The molecular formula is C18H15F2NO7S. The number of carbonyl (C=O) groups excluding carboxylic acids is 3. The van der Waals surface area contributed by atoms with E-state index in [0.717, 1.165) is 18.4 Å². The van der Waals surface area contributed by atoms with Gasteiger partial charge in [0.15, 0.2) is 16.4 Å². The predicted octanol–water partition coefficient (Wildman–Crippen LogP) is 1.80. The standard InChI is InChI=1S/C18H15F2NO7S/c1-29(25,26)14-8-4-12(5-9-14)17(24)27-10-15(22)21-16(23)11-2-6-13(7-3-11)28-18(19)20/h2-9,18H,10H2,1H3,(H,21,22,23). The molecule has 0 bridgehead atoms. The lowest BCUT2D eigenvalue weighted by molar-refractivity contribution is -0.123. The van der Waals surface area contributed by atoms with Crippen molar-refractivity contribution in [2.45, 2.75) is 11.5 Å². The molecule has 2 amide bonds. The number of esters is 1. The van der Waals surface area contributed by atoms with E-state index in [0.29, 0.717) is 0 Å². The van der Waals surface area contributed by atoms with Gasteiger partial charge in [0.2, 0.25) is 0 Å². The Labute approximate surface area is 164 Å². The topological polar surface area (TPSA) is 116 Å². The van der Waals surface area contributed by atoms with Crippen molar-refractivity contribution >= 4 is 27.6 Å². The van der Waals surface area contributed by atoms with Crippen molar-refractivity contribution in [3.05, 3.63) is 59.7 Å². The zero-order valence-electron chi connectivity index (χ0n) is 14.9. The third-order valence-electron chi connectivity index (χ3n) is 3.45. The third kappa shape index (κ3) is 6.64. The lowest BCUT2D eigenvalue weighted by Crippen LogP contribution is -2.34. The third-order valence-corrected chi connectivity index (χ3v) is 4.58. The van der Waals surface area contributed by atoms with Gasteiger partial charge in [-0.1, -0.05) is 0 Å². The number of ether oxygens (including phenoxy) is 2. The lowest BCUT2D eigenvalue weighted by Gasteiger charge is -2.07. The molecule has 0 aromatic heterocycles. The molecular weight excluding hydrogens is 412 g/mol. The van der Waals surface area contributed by atoms with Crippen LogP contribution in [0.25, 0.3) is 0 Å². The van der Waals surface area contributed by atoms with Crippen molar-refractivity contribution in [2.75, 3.05) is 12.9 Å². The average Bonchev–Trinajstić information content (AvgIpc) is 2.65. The second-order valence-electron chi connectivity index (χ2n) is 5.65. The largest absolute Gasteiger partial charge is 0.452 e. The Morgan fingerprint density at radius 2 is 1.52 bits per heavy atom. The summed E-state index contributed by atoms with van der Waals surface area (Å²) >= 11 is 0. The van der Waals surface area contributed by atoms with Crippen LogP contribution in [0, 0.1) is 0 Å². The molecule has 1 N–H and O–H groups in total. The van der Waals surface area contributed by atoms with Crippen LogP contribution in [-0.2, 0) is 19.4 Å². The van der Waals surface area contributed by atoms with Gasteiger partial charge in [0, 0.05) is 11.8 Å². The van der Waals surface area contributed by atoms with Crippen LogP contribution >= 0.6 is 0 Å². The van der Waals surface area contributed by atoms with Gasteiger partial charge in [-0.2, -0.15) is 8.78 Å². The van der Waals surface area contributed by atoms with E-state index in [4.69, 9.17) is 4.74 Å². The second kappa shape index (κ2) is 9.24. The fourth-order valence-electron chi connectivity index (χ4n) is 2.08. The number of hydrogen-bond acceptors (Lipinski definition) is 7. The van der Waals surface area contributed by atoms with E-state index in [-0.39, 0.29) is 21.8 Å². The molecule has 0 saturated carbocycles. The highest BCUT2D eigenvalue weighted by atomic mass is 32.2. The van der Waals surface area contributed by atoms with Crippen LogP contribution in [0.15, 0.2) is 53.4 Å². The summed E-state index contributed by atoms with van der Waals surface area (Å²) in [7, 11) is -3.42. The minimum atomic E-state index is -3.42. The molecule has 8 nitrogen and oxygen atoms in total. The van der Waals surface area contributed by atoms with Gasteiger partial charge in [-0.25, -0.2) is 13.2 Å². The average molecular weight is 427 g/mol. The van der Waals surface area contributed by atoms with Gasteiger partial charge in [0.25, 0.3) is 11.8 Å². The maximum atomic E-state index is 12.1. The lowest BCUT2D eigenvalue weighted by atomic mass is 10.2. The van der Waals surface area contributed by atoms with Crippen LogP contribution in [0.1, 0.15) is 20.7 Å². The van der Waals surface area contributed by atoms with Gasteiger partial charge in [0.1, 0.15) is 5.75 Å². The summed E-state index contributed by atoms with van der Waals surface area (Å²) in [6.45, 7) is -3.76. The molecule has 0 unspecified atom stereocenters. The molecule has 2 aromatic rings. The smallest absolute Gasteiger partial charge is 0.387 e. The molecule has 11 heteroatoms. The zero-order chi connectivity index (χ0) is 21.6. The molecule has 0 fully saturated rings. The van der Waals surface area contributed by atoms with Crippen molar-refractivity contribution < 1.29 is 41.1 Å². The number of benzene rings is 2. The van der Waals surface area contributed by atoms with Crippen LogP contribution in [0.4, 0.5) is 8.78 Å². The quantitative estimate of drug-likeness (QED) is 0.670. The van der Waals surface area contributed by atoms with Gasteiger partial charge in [-0.15, -0.1) is 0 Å². The molecule has 0 saturated heterocycles. The zero-order valence-corrected chi connectivity index (χ0v) is 15.7. The Balaban J connectivity index is 1.87. The summed E-state index contributed by atoms with van der Waals surface area (Å²) in [5.74, 6) is -2.78. The summed E-state index contributed by atoms with van der Waals surface area (Å²) in [5, 5.41) is 1.97. The van der Waals surface area contributed by atoms with Gasteiger partial charge in [0.05, 0.1) is 10.5 Å². The van der Waals surface area contributed by atoms with Crippen LogP contribution in [0.3, 0.4) is 0 Å². The minimum Gasteiger partial charge on any atom is -0.452 e. The number of carbonyl (C=O) groups is 3. The molecule has 0 atom stereocenters. The molecule has 0 heterocycles. The van der Waals surface area contributed by atoms with Crippen LogP contribution < -0.4 is 10.1 Å². The van der Waals surface area contributed by atoms with E-state index in [2.05, 4.69) is 4.74 Å². The van der Waals surface area contributed by atoms with Crippen LogP contribution in [-0.4, -0.2) is 45.7 Å². The van der Waals surface area contributed by atoms with E-state index in [1.165, 1.54) is 36.4 Å². The van der Waals surface area contributed by atoms with Gasteiger partial charge in [-0.3, -0.25) is 14.9 Å². The van der Waals surface area contributed by atoms with Crippen molar-refractivity contribution in [3.63, 3.8) is 0 Å². The summed E-state index contributed by atoms with van der Waals surface area (Å²) in [6, 6.07) is 9.51. The van der Waals surface area contributed by atoms with E-state index < -0.39 is 40.8 Å². The molecule has 0 radical (unpaired) electrons. The first-order valence-electron chi connectivity index (χ1n) is 7.92.